The Balaban J connectivity index is 0.000000808. The number of aldehydes is 1. The Hall–Kier alpha value is -2.88. The van der Waals surface area contributed by atoms with Crippen LogP contribution in [0.5, 0.6) is 0 Å². The summed E-state index contributed by atoms with van der Waals surface area (Å²) in [5.41, 5.74) is 5.22. The van der Waals surface area contributed by atoms with Crippen molar-refractivity contribution in [2.45, 2.75) is 27.2 Å². The summed E-state index contributed by atoms with van der Waals surface area (Å²) in [4.78, 5) is 15.0. The minimum atomic E-state index is -0.748. The van der Waals surface area contributed by atoms with Crippen molar-refractivity contribution in [2.75, 3.05) is 25.6 Å². The Morgan fingerprint density at radius 2 is 1.70 bits per heavy atom. The van der Waals surface area contributed by atoms with Crippen LogP contribution in [-0.4, -0.2) is 41.7 Å². The van der Waals surface area contributed by atoms with E-state index in [1.165, 1.54) is 31.6 Å². The zero-order chi connectivity index (χ0) is 23.1. The number of hydrogen-bond donors (Lipinski definition) is 4. The van der Waals surface area contributed by atoms with Crippen LogP contribution >= 0.6 is 0 Å². The summed E-state index contributed by atoms with van der Waals surface area (Å²) in [6, 6.07) is 3.97. The van der Waals surface area contributed by atoms with Crippen LogP contribution in [0.1, 0.15) is 36.4 Å². The topological polar surface area (TPSA) is 122 Å². The van der Waals surface area contributed by atoms with Crippen molar-refractivity contribution in [2.24, 2.45) is 5.73 Å². The molecule has 1 aromatic carbocycles. The fraction of sp³-hybridized carbons (Fsp3) is 0.333. The van der Waals surface area contributed by atoms with Gasteiger partial charge < -0.3 is 25.7 Å². The molecule has 9 heteroatoms. The first-order chi connectivity index (χ1) is 14.5. The highest BCUT2D eigenvalue weighted by atomic mass is 19.1. The molecule has 0 unspecified atom stereocenters. The van der Waals surface area contributed by atoms with Crippen LogP contribution in [0.3, 0.4) is 0 Å². The van der Waals surface area contributed by atoms with Crippen LogP contribution in [0.25, 0.3) is 11.0 Å². The zero-order valence-corrected chi connectivity index (χ0v) is 17.6. The van der Waals surface area contributed by atoms with Gasteiger partial charge in [0.25, 0.3) is 0 Å². The Bertz CT molecular complexity index is 876. The van der Waals surface area contributed by atoms with Crippen LogP contribution in [0.4, 0.5) is 20.2 Å². The fourth-order valence-corrected chi connectivity index (χ4v) is 2.19. The molecule has 0 radical (unpaired) electrons. The number of nitrogens with one attached hydrogen (secondary N) is 1. The van der Waals surface area contributed by atoms with Gasteiger partial charge in [0.15, 0.2) is 12.0 Å². The van der Waals surface area contributed by atoms with E-state index in [1.54, 1.807) is 13.0 Å². The lowest BCUT2D eigenvalue weighted by Crippen LogP contribution is -1.99. The Kier molecular flexibility index (Phi) is 13.6. The smallest absolute Gasteiger partial charge is 0.191 e. The lowest BCUT2D eigenvalue weighted by molar-refractivity contribution is 0.110. The second kappa shape index (κ2) is 15.0. The third-order valence-electron chi connectivity index (χ3n) is 3.38. The van der Waals surface area contributed by atoms with Gasteiger partial charge in [-0.05, 0) is 44.2 Å². The SMILES string of the molecule is CC.CN.Cc1cc(F)c(Nc2c(C=O)oc3ccncc23)c(F)c1.OCCCO. The molecule has 0 saturated carbocycles. The number of pyridine rings is 1. The summed E-state index contributed by atoms with van der Waals surface area (Å²) in [5.74, 6) is -1.54. The maximum atomic E-state index is 13.9. The van der Waals surface area contributed by atoms with Crippen LogP contribution in [0.15, 0.2) is 35.0 Å². The number of aliphatic hydroxyl groups is 2. The molecule has 2 heterocycles. The van der Waals surface area contributed by atoms with Gasteiger partial charge in [0.2, 0.25) is 0 Å². The number of anilines is 2. The number of benzene rings is 1. The summed E-state index contributed by atoms with van der Waals surface area (Å²) in [6.07, 6.45) is 3.93. The van der Waals surface area contributed by atoms with Crippen LogP contribution in [0.2, 0.25) is 0 Å². The summed E-state index contributed by atoms with van der Waals surface area (Å²) < 4.78 is 33.1. The van der Waals surface area contributed by atoms with Gasteiger partial charge in [0.05, 0.1) is 11.1 Å². The quantitative estimate of drug-likeness (QED) is 0.457. The highest BCUT2D eigenvalue weighted by Crippen LogP contribution is 2.33. The second-order valence-corrected chi connectivity index (χ2v) is 5.36. The van der Waals surface area contributed by atoms with Gasteiger partial charge in [-0.25, -0.2) is 8.78 Å². The number of furan rings is 1. The highest BCUT2D eigenvalue weighted by molar-refractivity contribution is 6.00. The Morgan fingerprint density at radius 3 is 2.17 bits per heavy atom. The average Bonchev–Trinajstić information content (AvgIpc) is 3.12. The van der Waals surface area contributed by atoms with Crippen LogP contribution in [0, 0.1) is 18.6 Å². The Morgan fingerprint density at radius 1 is 1.13 bits per heavy atom. The van der Waals surface area contributed by atoms with Crippen LogP contribution in [-0.2, 0) is 0 Å². The molecular formula is C21H29F2N3O4. The number of aryl methyl sites for hydroxylation is 1. The predicted molar refractivity (Wildman–Crippen MR) is 114 cm³/mol. The zero-order valence-electron chi connectivity index (χ0n) is 17.6. The van der Waals surface area contributed by atoms with E-state index in [1.807, 2.05) is 13.8 Å². The van der Waals surface area contributed by atoms with Crippen molar-refractivity contribution < 1.29 is 28.2 Å². The molecule has 3 aromatic rings. The van der Waals surface area contributed by atoms with Crippen molar-refractivity contribution in [3.63, 3.8) is 0 Å². The molecule has 0 saturated heterocycles. The molecule has 0 fully saturated rings. The molecule has 3 rings (SSSR count). The molecular weight excluding hydrogens is 396 g/mol. The molecule has 166 valence electrons. The van der Waals surface area contributed by atoms with E-state index in [2.05, 4.69) is 16.0 Å². The summed E-state index contributed by atoms with van der Waals surface area (Å²) in [6.45, 7) is 5.77. The number of rotatable bonds is 5. The number of carbonyl (C=O) groups is 1. The number of nitrogens with two attached hydrogens (primary N) is 1. The maximum absolute atomic E-state index is 13.9. The minimum absolute atomic E-state index is 0.0441. The molecule has 2 aromatic heterocycles. The van der Waals surface area contributed by atoms with Crippen molar-refractivity contribution >= 4 is 28.6 Å². The Labute approximate surface area is 174 Å². The van der Waals surface area contributed by atoms with E-state index in [0.717, 1.165) is 0 Å². The summed E-state index contributed by atoms with van der Waals surface area (Å²) in [7, 11) is 1.50. The van der Waals surface area contributed by atoms with E-state index in [9.17, 15) is 13.6 Å². The average molecular weight is 425 g/mol. The molecule has 0 bridgehead atoms. The van der Waals surface area contributed by atoms with E-state index in [4.69, 9.17) is 14.6 Å². The first kappa shape index (κ1) is 27.1. The summed E-state index contributed by atoms with van der Waals surface area (Å²) in [5, 5.41) is 18.9. The third kappa shape index (κ3) is 7.51. The van der Waals surface area contributed by atoms with Gasteiger partial charge in [-0.15, -0.1) is 0 Å². The van der Waals surface area contributed by atoms with Gasteiger partial charge >= 0.3 is 0 Å². The number of fused-ring (bicyclic) bond motifs is 1. The lowest BCUT2D eigenvalue weighted by Gasteiger charge is -2.08. The normalized spacial score (nSPS) is 9.37. The van der Waals surface area contributed by atoms with Crippen molar-refractivity contribution in [3.05, 3.63) is 53.6 Å². The number of aromatic nitrogens is 1. The third-order valence-corrected chi connectivity index (χ3v) is 3.38. The monoisotopic (exact) mass is 425 g/mol. The number of halogens is 2. The number of carbonyl (C=O) groups excluding carboxylic acids is 1. The first-order valence-electron chi connectivity index (χ1n) is 9.35. The van der Waals surface area contributed by atoms with Gasteiger partial charge in [-0.2, -0.15) is 0 Å². The van der Waals surface area contributed by atoms with Crippen molar-refractivity contribution in [3.8, 4) is 0 Å². The van der Waals surface area contributed by atoms with E-state index < -0.39 is 11.6 Å². The standard InChI is InChI=1S/C15H10F2N2O2.C3H8O2.C2H6.CH5N/c1-8-4-10(16)15(11(17)5-8)19-14-9-6-18-3-2-12(9)21-13(14)7-20;4-2-1-3-5;2*1-2/h2-7,19H,1H3;4-5H,1-3H2;1-2H3;2H2,1H3. The molecule has 0 aliphatic carbocycles. The predicted octanol–water partition coefficient (Wildman–Crippen LogP) is 3.93. The molecule has 30 heavy (non-hydrogen) atoms. The van der Waals surface area contributed by atoms with Crippen molar-refractivity contribution in [1.82, 2.24) is 4.98 Å². The number of nitrogens with zero attached hydrogens (tertiary/aromatic N) is 1. The van der Waals surface area contributed by atoms with E-state index >= 15 is 0 Å². The van der Waals surface area contributed by atoms with Crippen molar-refractivity contribution in [1.29, 1.82) is 0 Å². The van der Waals surface area contributed by atoms with Crippen LogP contribution < -0.4 is 11.1 Å². The van der Waals surface area contributed by atoms with Gasteiger partial charge in [0.1, 0.15) is 22.9 Å². The number of aliphatic hydroxyl groups excluding tert-OH is 2. The molecule has 5 N–H and O–H groups in total. The van der Waals surface area contributed by atoms with Gasteiger partial charge in [-0.3, -0.25) is 9.78 Å². The largest absolute Gasteiger partial charge is 0.451 e. The highest BCUT2D eigenvalue weighted by Gasteiger charge is 2.18. The second-order valence-electron chi connectivity index (χ2n) is 5.36. The number of hydrogen-bond acceptors (Lipinski definition) is 7. The lowest BCUT2D eigenvalue weighted by atomic mass is 10.2. The van der Waals surface area contributed by atoms with E-state index in [-0.39, 0.29) is 30.3 Å². The van der Waals surface area contributed by atoms with Gasteiger partial charge in [0, 0.05) is 25.6 Å². The first-order valence-corrected chi connectivity index (χ1v) is 9.35. The molecule has 0 spiro atoms. The van der Waals surface area contributed by atoms with E-state index in [0.29, 0.717) is 29.2 Å². The maximum Gasteiger partial charge on any atom is 0.191 e. The summed E-state index contributed by atoms with van der Waals surface area (Å²) >= 11 is 0. The minimum Gasteiger partial charge on any atom is -0.451 e. The molecule has 0 aliphatic heterocycles. The molecule has 0 atom stereocenters. The molecule has 0 aliphatic rings. The van der Waals surface area contributed by atoms with Gasteiger partial charge in [-0.1, -0.05) is 13.8 Å². The fourth-order valence-electron chi connectivity index (χ4n) is 2.19. The molecule has 7 nitrogen and oxygen atoms in total. The molecule has 0 amide bonds.